The van der Waals surface area contributed by atoms with Crippen molar-refractivity contribution in [3.05, 3.63) is 0 Å². The van der Waals surface area contributed by atoms with Crippen molar-refractivity contribution < 1.29 is 4.79 Å². The Bertz CT molecular complexity index is 202. The SMILES string of the molecule is CC.CC(=O)[C@@H]1CC2C([C@H]2C)N1C. The molecule has 4 atom stereocenters. The molecule has 2 unspecified atom stereocenters. The molecule has 2 rings (SSSR count). The van der Waals surface area contributed by atoms with Crippen LogP contribution in [0.2, 0.25) is 0 Å². The van der Waals surface area contributed by atoms with Crippen molar-refractivity contribution in [1.29, 1.82) is 0 Å². The van der Waals surface area contributed by atoms with Gasteiger partial charge in [0.1, 0.15) is 5.78 Å². The first kappa shape index (κ1) is 10.7. The highest BCUT2D eigenvalue weighted by Gasteiger charge is 2.57. The number of hydrogen-bond donors (Lipinski definition) is 0. The van der Waals surface area contributed by atoms with Crippen LogP contribution in [0.3, 0.4) is 0 Å². The monoisotopic (exact) mass is 183 g/mol. The molecule has 0 aromatic heterocycles. The molecule has 1 aliphatic heterocycles. The van der Waals surface area contributed by atoms with Crippen LogP contribution < -0.4 is 0 Å². The highest BCUT2D eigenvalue weighted by Crippen LogP contribution is 2.52. The third-order valence-electron chi connectivity index (χ3n) is 3.44. The van der Waals surface area contributed by atoms with E-state index >= 15 is 0 Å². The molecule has 13 heavy (non-hydrogen) atoms. The van der Waals surface area contributed by atoms with Crippen molar-refractivity contribution in [2.75, 3.05) is 7.05 Å². The van der Waals surface area contributed by atoms with E-state index in [1.54, 1.807) is 6.92 Å². The maximum Gasteiger partial charge on any atom is 0.146 e. The number of likely N-dealkylation sites (N-methyl/N-ethyl adjacent to an activating group) is 1. The minimum absolute atomic E-state index is 0.237. The van der Waals surface area contributed by atoms with Gasteiger partial charge in [-0.2, -0.15) is 0 Å². The van der Waals surface area contributed by atoms with Gasteiger partial charge >= 0.3 is 0 Å². The molecule has 0 aromatic rings. The zero-order valence-electron chi connectivity index (χ0n) is 9.37. The summed E-state index contributed by atoms with van der Waals surface area (Å²) in [4.78, 5) is 13.3. The minimum atomic E-state index is 0.237. The maximum atomic E-state index is 11.1. The second-order valence-electron chi connectivity index (χ2n) is 4.04. The molecule has 2 nitrogen and oxygen atoms in total. The molecule has 2 heteroatoms. The molecule has 76 valence electrons. The highest BCUT2D eigenvalue weighted by atomic mass is 16.1. The topological polar surface area (TPSA) is 20.3 Å². The summed E-state index contributed by atoms with van der Waals surface area (Å²) in [6.45, 7) is 7.98. The summed E-state index contributed by atoms with van der Waals surface area (Å²) in [5.41, 5.74) is 0. The minimum Gasteiger partial charge on any atom is -0.298 e. The van der Waals surface area contributed by atoms with Gasteiger partial charge in [0, 0.05) is 6.04 Å². The van der Waals surface area contributed by atoms with Crippen LogP contribution >= 0.6 is 0 Å². The Labute approximate surface area is 81.3 Å². The molecule has 1 heterocycles. The van der Waals surface area contributed by atoms with Crippen LogP contribution in [0.25, 0.3) is 0 Å². The predicted octanol–water partition coefficient (Wildman–Crippen LogP) is 1.94. The average Bonchev–Trinajstić information content (AvgIpc) is 2.57. The normalized spacial score (nSPS) is 41.9. The lowest BCUT2D eigenvalue weighted by molar-refractivity contribution is -0.121. The summed E-state index contributed by atoms with van der Waals surface area (Å²) in [5.74, 6) is 2.01. The van der Waals surface area contributed by atoms with E-state index in [9.17, 15) is 4.79 Å². The van der Waals surface area contributed by atoms with E-state index in [0.29, 0.717) is 5.78 Å². The van der Waals surface area contributed by atoms with Crippen molar-refractivity contribution in [2.24, 2.45) is 11.8 Å². The summed E-state index contributed by atoms with van der Waals surface area (Å²) < 4.78 is 0. The summed E-state index contributed by atoms with van der Waals surface area (Å²) in [5, 5.41) is 0. The third-order valence-corrected chi connectivity index (χ3v) is 3.44. The van der Waals surface area contributed by atoms with Crippen LogP contribution in [0.4, 0.5) is 0 Å². The third kappa shape index (κ3) is 1.64. The van der Waals surface area contributed by atoms with Gasteiger partial charge in [-0.3, -0.25) is 9.69 Å². The van der Waals surface area contributed by atoms with E-state index in [2.05, 4.69) is 18.9 Å². The fraction of sp³-hybridized carbons (Fsp3) is 0.909. The van der Waals surface area contributed by atoms with Crippen LogP contribution in [0, 0.1) is 11.8 Å². The Morgan fingerprint density at radius 3 is 2.23 bits per heavy atom. The number of hydrogen-bond acceptors (Lipinski definition) is 2. The Morgan fingerprint density at radius 1 is 1.38 bits per heavy atom. The first-order valence-electron chi connectivity index (χ1n) is 5.35. The first-order valence-corrected chi connectivity index (χ1v) is 5.35. The van der Waals surface area contributed by atoms with Crippen molar-refractivity contribution in [2.45, 2.75) is 46.2 Å². The Morgan fingerprint density at radius 2 is 1.92 bits per heavy atom. The molecule has 0 radical (unpaired) electrons. The van der Waals surface area contributed by atoms with Gasteiger partial charge in [0.15, 0.2) is 0 Å². The molecule has 2 fully saturated rings. The Kier molecular flexibility index (Phi) is 3.12. The highest BCUT2D eigenvalue weighted by molar-refractivity contribution is 5.82. The number of carbonyl (C=O) groups is 1. The van der Waals surface area contributed by atoms with Crippen LogP contribution in [-0.4, -0.2) is 29.8 Å². The van der Waals surface area contributed by atoms with Crippen LogP contribution in [0.1, 0.15) is 34.1 Å². The molecule has 0 spiro atoms. The van der Waals surface area contributed by atoms with Gasteiger partial charge in [-0.1, -0.05) is 20.8 Å². The summed E-state index contributed by atoms with van der Waals surface area (Å²) >= 11 is 0. The van der Waals surface area contributed by atoms with E-state index in [0.717, 1.165) is 24.3 Å². The number of nitrogens with zero attached hydrogens (tertiary/aromatic N) is 1. The number of ketones is 1. The number of Topliss-reactive ketones (excluding diaryl/α,β-unsaturated/α-hetero) is 1. The smallest absolute Gasteiger partial charge is 0.146 e. The Hall–Kier alpha value is -0.370. The fourth-order valence-electron chi connectivity index (χ4n) is 2.63. The van der Waals surface area contributed by atoms with Crippen molar-refractivity contribution in [3.8, 4) is 0 Å². The number of likely N-dealkylation sites (tertiary alicyclic amines) is 1. The lowest BCUT2D eigenvalue weighted by Crippen LogP contribution is -2.35. The summed E-state index contributed by atoms with van der Waals surface area (Å²) in [6, 6.07) is 0.963. The molecule has 0 bridgehead atoms. The number of fused-ring (bicyclic) bond motifs is 1. The van der Waals surface area contributed by atoms with E-state index < -0.39 is 0 Å². The van der Waals surface area contributed by atoms with Gasteiger partial charge in [0.2, 0.25) is 0 Å². The predicted molar refractivity (Wildman–Crippen MR) is 54.6 cm³/mol. The standard InChI is InChI=1S/C9H15NO.C2H6/c1-5-7-4-8(6(2)11)10(3)9(5)7;1-2/h5,7-9H,4H2,1-3H3;1-2H3/t5-,7?,8-,9?;/m0./s1. The number of rotatable bonds is 1. The molecule has 1 aliphatic carbocycles. The second-order valence-corrected chi connectivity index (χ2v) is 4.04. The zero-order chi connectivity index (χ0) is 10.2. The fourth-order valence-corrected chi connectivity index (χ4v) is 2.63. The molecule has 0 aromatic carbocycles. The lowest BCUT2D eigenvalue weighted by atomic mass is 10.1. The van der Waals surface area contributed by atoms with Crippen LogP contribution in [-0.2, 0) is 4.79 Å². The van der Waals surface area contributed by atoms with Crippen molar-refractivity contribution in [1.82, 2.24) is 4.90 Å². The van der Waals surface area contributed by atoms with E-state index in [-0.39, 0.29) is 6.04 Å². The molecule has 0 amide bonds. The van der Waals surface area contributed by atoms with Gasteiger partial charge in [0.25, 0.3) is 0 Å². The van der Waals surface area contributed by atoms with Gasteiger partial charge < -0.3 is 0 Å². The van der Waals surface area contributed by atoms with Crippen LogP contribution in [0.5, 0.6) is 0 Å². The second kappa shape index (κ2) is 3.79. The lowest BCUT2D eigenvalue weighted by Gasteiger charge is -2.21. The zero-order valence-corrected chi connectivity index (χ0v) is 9.37. The van der Waals surface area contributed by atoms with Crippen LogP contribution in [0.15, 0.2) is 0 Å². The number of carbonyl (C=O) groups excluding carboxylic acids is 1. The molecule has 2 aliphatic rings. The van der Waals surface area contributed by atoms with Gasteiger partial charge in [-0.15, -0.1) is 0 Å². The van der Waals surface area contributed by atoms with Gasteiger partial charge in [-0.05, 0) is 32.2 Å². The average molecular weight is 183 g/mol. The molecule has 0 N–H and O–H groups in total. The van der Waals surface area contributed by atoms with Gasteiger partial charge in [0.05, 0.1) is 6.04 Å². The molecule has 1 saturated heterocycles. The quantitative estimate of drug-likeness (QED) is 0.619. The summed E-state index contributed by atoms with van der Waals surface area (Å²) in [7, 11) is 2.08. The van der Waals surface area contributed by atoms with E-state index in [4.69, 9.17) is 0 Å². The van der Waals surface area contributed by atoms with E-state index in [1.165, 1.54) is 0 Å². The first-order chi connectivity index (χ1) is 6.13. The van der Waals surface area contributed by atoms with Crippen molar-refractivity contribution >= 4 is 5.78 Å². The van der Waals surface area contributed by atoms with Crippen molar-refractivity contribution in [3.63, 3.8) is 0 Å². The molecule has 1 saturated carbocycles. The molecular formula is C11H21NO. The largest absolute Gasteiger partial charge is 0.298 e. The Balaban J connectivity index is 0.000000396. The number of piperidine rings is 1. The molecular weight excluding hydrogens is 162 g/mol. The van der Waals surface area contributed by atoms with Gasteiger partial charge in [-0.25, -0.2) is 0 Å². The summed E-state index contributed by atoms with van der Waals surface area (Å²) in [6.07, 6.45) is 1.11. The maximum absolute atomic E-state index is 11.1. The van der Waals surface area contributed by atoms with E-state index in [1.807, 2.05) is 13.8 Å².